The maximum atomic E-state index is 12.2. The molecule has 4 heteroatoms. The van der Waals surface area contributed by atoms with Gasteiger partial charge in [0.15, 0.2) is 0 Å². The zero-order valence-electron chi connectivity index (χ0n) is 10.7. The topological polar surface area (TPSA) is 31.2 Å². The summed E-state index contributed by atoms with van der Waals surface area (Å²) >= 11 is 3.34. The van der Waals surface area contributed by atoms with E-state index in [0.717, 1.165) is 16.6 Å². The average molecular weight is 310 g/mol. The van der Waals surface area contributed by atoms with Crippen molar-refractivity contribution in [1.82, 2.24) is 4.57 Å². The van der Waals surface area contributed by atoms with Gasteiger partial charge >= 0.3 is 6.09 Å². The molecule has 0 saturated heterocycles. The minimum absolute atomic E-state index is 0.335. The number of aromatic nitrogens is 1. The number of hydrogen-bond acceptors (Lipinski definition) is 2. The van der Waals surface area contributed by atoms with Gasteiger partial charge in [-0.1, -0.05) is 34.1 Å². The number of aryl methyl sites for hydroxylation is 1. The molecule has 96 valence electrons. The molecule has 0 saturated carbocycles. The van der Waals surface area contributed by atoms with Gasteiger partial charge in [0.2, 0.25) is 0 Å². The molecule has 0 fully saturated rings. The third kappa shape index (κ3) is 2.43. The fourth-order valence-corrected chi connectivity index (χ4v) is 1.96. The second-order valence-electron chi connectivity index (χ2n) is 4.94. The Balaban J connectivity index is 2.42. The van der Waals surface area contributed by atoms with Crippen molar-refractivity contribution in [2.75, 3.05) is 5.33 Å². The van der Waals surface area contributed by atoms with Crippen molar-refractivity contribution < 1.29 is 9.53 Å². The first-order chi connectivity index (χ1) is 8.44. The number of halogens is 1. The van der Waals surface area contributed by atoms with Gasteiger partial charge in [-0.05, 0) is 32.9 Å². The predicted molar refractivity (Wildman–Crippen MR) is 76.4 cm³/mol. The molecule has 0 aliphatic rings. The minimum atomic E-state index is -0.519. The van der Waals surface area contributed by atoms with E-state index >= 15 is 0 Å². The smallest absolute Gasteiger partial charge is 0.419 e. The molecular formula is C14H16BrNO2. The predicted octanol–water partition coefficient (Wildman–Crippen LogP) is 4.11. The van der Waals surface area contributed by atoms with E-state index in [9.17, 15) is 4.79 Å². The Kier molecular flexibility index (Phi) is 3.48. The number of rotatable bonds is 2. The Morgan fingerprint density at radius 1 is 1.39 bits per heavy atom. The van der Waals surface area contributed by atoms with Crippen LogP contribution in [0, 0.1) is 6.92 Å². The average Bonchev–Trinajstić information content (AvgIpc) is 2.64. The van der Waals surface area contributed by atoms with Crippen LogP contribution in [0.25, 0.3) is 10.9 Å². The highest BCUT2D eigenvalue weighted by atomic mass is 79.9. The Labute approximate surface area is 115 Å². The van der Waals surface area contributed by atoms with E-state index < -0.39 is 5.60 Å². The molecule has 0 spiro atoms. The molecule has 0 radical (unpaired) electrons. The van der Waals surface area contributed by atoms with Crippen molar-refractivity contribution in [2.24, 2.45) is 0 Å². The molecule has 0 bridgehead atoms. The SMILES string of the molecule is Cc1cc2ccccc2n1C(=O)OC(C)(C)CBr. The molecule has 0 amide bonds. The van der Waals surface area contributed by atoms with E-state index in [-0.39, 0.29) is 6.09 Å². The van der Waals surface area contributed by atoms with Crippen LogP contribution in [-0.4, -0.2) is 21.6 Å². The maximum Gasteiger partial charge on any atom is 0.419 e. The Morgan fingerprint density at radius 2 is 2.06 bits per heavy atom. The molecule has 0 aliphatic heterocycles. The van der Waals surface area contributed by atoms with Crippen LogP contribution in [-0.2, 0) is 4.74 Å². The zero-order chi connectivity index (χ0) is 13.3. The highest BCUT2D eigenvalue weighted by Gasteiger charge is 2.24. The first-order valence-corrected chi connectivity index (χ1v) is 6.93. The largest absolute Gasteiger partial charge is 0.442 e. The van der Waals surface area contributed by atoms with Crippen LogP contribution in [0.1, 0.15) is 19.5 Å². The Morgan fingerprint density at radius 3 is 2.72 bits per heavy atom. The van der Waals surface area contributed by atoms with Gasteiger partial charge in [0.05, 0.1) is 5.52 Å². The van der Waals surface area contributed by atoms with Gasteiger partial charge in [0.25, 0.3) is 0 Å². The maximum absolute atomic E-state index is 12.2. The van der Waals surface area contributed by atoms with Gasteiger partial charge in [-0.3, -0.25) is 0 Å². The highest BCUT2D eigenvalue weighted by Crippen LogP contribution is 2.21. The highest BCUT2D eigenvalue weighted by molar-refractivity contribution is 9.09. The minimum Gasteiger partial charge on any atom is -0.442 e. The first kappa shape index (κ1) is 13.1. The van der Waals surface area contributed by atoms with Crippen LogP contribution in [0.5, 0.6) is 0 Å². The standard InChI is InChI=1S/C14H16BrNO2/c1-10-8-11-6-4-5-7-12(11)16(10)13(17)18-14(2,3)9-15/h4-8H,9H2,1-3H3. The fraction of sp³-hybridized carbons (Fsp3) is 0.357. The molecule has 1 aromatic heterocycles. The van der Waals surface area contributed by atoms with E-state index in [1.54, 1.807) is 4.57 Å². The number of alkyl halides is 1. The Bertz CT molecular complexity index is 586. The molecule has 2 rings (SSSR count). The normalized spacial score (nSPS) is 11.8. The number of carbonyl (C=O) groups is 1. The third-order valence-corrected chi connectivity index (χ3v) is 4.11. The van der Waals surface area contributed by atoms with Crippen molar-refractivity contribution in [3.05, 3.63) is 36.0 Å². The summed E-state index contributed by atoms with van der Waals surface area (Å²) in [5, 5.41) is 1.65. The molecule has 3 nitrogen and oxygen atoms in total. The molecule has 1 aromatic carbocycles. The second-order valence-corrected chi connectivity index (χ2v) is 5.50. The van der Waals surface area contributed by atoms with Gasteiger partial charge in [-0.25, -0.2) is 9.36 Å². The van der Waals surface area contributed by atoms with Gasteiger partial charge in [0, 0.05) is 16.4 Å². The summed E-state index contributed by atoms with van der Waals surface area (Å²) in [6.07, 6.45) is -0.335. The lowest BCUT2D eigenvalue weighted by Crippen LogP contribution is -2.32. The van der Waals surface area contributed by atoms with Crippen molar-refractivity contribution in [3.8, 4) is 0 Å². The van der Waals surface area contributed by atoms with Crippen molar-refractivity contribution in [2.45, 2.75) is 26.4 Å². The molecule has 1 heterocycles. The van der Waals surface area contributed by atoms with Crippen molar-refractivity contribution in [1.29, 1.82) is 0 Å². The monoisotopic (exact) mass is 309 g/mol. The van der Waals surface area contributed by atoms with Gasteiger partial charge in [0.1, 0.15) is 5.60 Å². The van der Waals surface area contributed by atoms with Crippen LogP contribution in [0.3, 0.4) is 0 Å². The van der Waals surface area contributed by atoms with Crippen molar-refractivity contribution >= 4 is 32.9 Å². The molecule has 0 unspecified atom stereocenters. The van der Waals surface area contributed by atoms with Crippen LogP contribution in [0.15, 0.2) is 30.3 Å². The molecule has 0 aliphatic carbocycles. The number of carbonyl (C=O) groups excluding carboxylic acids is 1. The van der Waals surface area contributed by atoms with Crippen LogP contribution < -0.4 is 0 Å². The lowest BCUT2D eigenvalue weighted by molar-refractivity contribution is 0.0583. The summed E-state index contributed by atoms with van der Waals surface area (Å²) < 4.78 is 7.11. The van der Waals surface area contributed by atoms with Crippen LogP contribution >= 0.6 is 15.9 Å². The summed E-state index contributed by atoms with van der Waals surface area (Å²) in [4.78, 5) is 12.2. The Hall–Kier alpha value is -1.29. The third-order valence-electron chi connectivity index (χ3n) is 2.76. The van der Waals surface area contributed by atoms with Crippen LogP contribution in [0.4, 0.5) is 4.79 Å². The summed E-state index contributed by atoms with van der Waals surface area (Å²) in [6.45, 7) is 5.66. The molecule has 0 N–H and O–H groups in total. The molecule has 2 aromatic rings. The van der Waals surface area contributed by atoms with E-state index in [1.165, 1.54) is 0 Å². The van der Waals surface area contributed by atoms with E-state index in [1.807, 2.05) is 51.1 Å². The molecule has 18 heavy (non-hydrogen) atoms. The summed E-state index contributed by atoms with van der Waals surface area (Å²) in [5.74, 6) is 0. The van der Waals surface area contributed by atoms with E-state index in [4.69, 9.17) is 4.74 Å². The lowest BCUT2D eigenvalue weighted by Gasteiger charge is -2.23. The number of ether oxygens (including phenoxy) is 1. The van der Waals surface area contributed by atoms with Crippen molar-refractivity contribution in [3.63, 3.8) is 0 Å². The number of benzene rings is 1. The quantitative estimate of drug-likeness (QED) is 0.782. The van der Waals surface area contributed by atoms with Gasteiger partial charge in [-0.15, -0.1) is 0 Å². The summed E-state index contributed by atoms with van der Waals surface area (Å²) in [6, 6.07) is 9.77. The lowest BCUT2D eigenvalue weighted by atomic mass is 10.2. The van der Waals surface area contributed by atoms with Gasteiger partial charge in [-0.2, -0.15) is 0 Å². The number of hydrogen-bond donors (Lipinski definition) is 0. The second kappa shape index (κ2) is 4.76. The number of fused-ring (bicyclic) bond motifs is 1. The van der Waals surface area contributed by atoms with E-state index in [0.29, 0.717) is 5.33 Å². The number of nitrogens with zero attached hydrogens (tertiary/aromatic N) is 1. The van der Waals surface area contributed by atoms with Gasteiger partial charge < -0.3 is 4.74 Å². The first-order valence-electron chi connectivity index (χ1n) is 5.81. The zero-order valence-corrected chi connectivity index (χ0v) is 12.3. The van der Waals surface area contributed by atoms with E-state index in [2.05, 4.69) is 15.9 Å². The summed E-state index contributed by atoms with van der Waals surface area (Å²) in [7, 11) is 0. The van der Waals surface area contributed by atoms with Crippen LogP contribution in [0.2, 0.25) is 0 Å². The summed E-state index contributed by atoms with van der Waals surface area (Å²) in [5.41, 5.74) is 1.24. The fourth-order valence-electron chi connectivity index (χ4n) is 1.84. The molecule has 0 atom stereocenters. The number of para-hydroxylation sites is 1. The molecular weight excluding hydrogens is 294 g/mol.